The molecule has 1 atom stereocenters. The quantitative estimate of drug-likeness (QED) is 0.573. The van der Waals surface area contributed by atoms with Crippen LogP contribution in [0.3, 0.4) is 0 Å². The summed E-state index contributed by atoms with van der Waals surface area (Å²) in [7, 11) is 3.89. The van der Waals surface area contributed by atoms with Gasteiger partial charge in [0.25, 0.3) is 0 Å². The number of hydrogen-bond donors (Lipinski definition) is 3. The number of carbonyl (C=O) groups excluding carboxylic acids is 2. The Kier molecular flexibility index (Phi) is 8.21. The third-order valence-corrected chi connectivity index (χ3v) is 4.47. The summed E-state index contributed by atoms with van der Waals surface area (Å²) in [6.45, 7) is 0.136. The number of hydrogen-bond acceptors (Lipinski definition) is 4. The van der Waals surface area contributed by atoms with Gasteiger partial charge in [0.2, 0.25) is 11.8 Å². The highest BCUT2D eigenvalue weighted by Crippen LogP contribution is 2.20. The Morgan fingerprint density at radius 3 is 2.21 bits per heavy atom. The van der Waals surface area contributed by atoms with E-state index >= 15 is 0 Å². The first-order valence-corrected chi connectivity index (χ1v) is 9.48. The van der Waals surface area contributed by atoms with Crippen LogP contribution in [0.2, 0.25) is 0 Å². The Balaban J connectivity index is 2.02. The molecule has 2 aromatic carbocycles. The van der Waals surface area contributed by atoms with Gasteiger partial charge in [-0.1, -0.05) is 30.3 Å². The molecule has 7 heteroatoms. The average molecular weight is 397 g/mol. The molecule has 29 heavy (non-hydrogen) atoms. The topological polar surface area (TPSA) is 98.7 Å². The summed E-state index contributed by atoms with van der Waals surface area (Å²) in [6, 6.07) is 16.7. The van der Waals surface area contributed by atoms with Crippen molar-refractivity contribution < 1.29 is 19.5 Å². The number of anilines is 2. The second-order valence-electron chi connectivity index (χ2n) is 6.95. The van der Waals surface area contributed by atoms with Crippen molar-refractivity contribution in [2.45, 2.75) is 25.2 Å². The fraction of sp³-hybridized carbons (Fsp3) is 0.318. The number of carboxylic acids is 1. The van der Waals surface area contributed by atoms with Crippen LogP contribution in [0, 0.1) is 0 Å². The molecule has 0 unspecified atom stereocenters. The summed E-state index contributed by atoms with van der Waals surface area (Å²) < 4.78 is 0. The third kappa shape index (κ3) is 7.29. The molecule has 2 amide bonds. The molecule has 0 aromatic heterocycles. The largest absolute Gasteiger partial charge is 0.481 e. The van der Waals surface area contributed by atoms with Gasteiger partial charge in [-0.2, -0.15) is 0 Å². The summed E-state index contributed by atoms with van der Waals surface area (Å²) in [5.41, 5.74) is 2.49. The van der Waals surface area contributed by atoms with Crippen LogP contribution in [-0.2, 0) is 14.4 Å². The molecule has 0 aliphatic rings. The van der Waals surface area contributed by atoms with Gasteiger partial charge in [0.1, 0.15) is 0 Å². The van der Waals surface area contributed by atoms with Crippen molar-refractivity contribution in [2.75, 3.05) is 30.9 Å². The number of carboxylic acid groups (broad SMARTS) is 1. The molecule has 7 nitrogen and oxygen atoms in total. The Morgan fingerprint density at radius 2 is 1.62 bits per heavy atom. The predicted octanol–water partition coefficient (Wildman–Crippen LogP) is 2.85. The number of nitrogens with one attached hydrogen (secondary N) is 2. The lowest BCUT2D eigenvalue weighted by molar-refractivity contribution is -0.137. The van der Waals surface area contributed by atoms with E-state index in [-0.39, 0.29) is 37.6 Å². The van der Waals surface area contributed by atoms with E-state index in [0.717, 1.165) is 11.3 Å². The van der Waals surface area contributed by atoms with E-state index in [1.165, 1.54) is 0 Å². The molecule has 154 valence electrons. The highest BCUT2D eigenvalue weighted by atomic mass is 16.4. The molecule has 0 aliphatic heterocycles. The lowest BCUT2D eigenvalue weighted by Gasteiger charge is -2.19. The number of nitrogens with zero attached hydrogens (tertiary/aromatic N) is 1. The van der Waals surface area contributed by atoms with E-state index in [2.05, 4.69) is 10.6 Å². The Labute approximate surface area is 170 Å². The van der Waals surface area contributed by atoms with Crippen LogP contribution in [-0.4, -0.2) is 43.5 Å². The number of rotatable bonds is 10. The molecule has 0 saturated carbocycles. The second kappa shape index (κ2) is 10.8. The smallest absolute Gasteiger partial charge is 0.303 e. The average Bonchev–Trinajstić information content (AvgIpc) is 2.69. The van der Waals surface area contributed by atoms with Crippen LogP contribution >= 0.6 is 0 Å². The van der Waals surface area contributed by atoms with Gasteiger partial charge < -0.3 is 20.6 Å². The Bertz CT molecular complexity index is 820. The maximum absolute atomic E-state index is 12.9. The van der Waals surface area contributed by atoms with Gasteiger partial charge in [0.15, 0.2) is 0 Å². The first-order chi connectivity index (χ1) is 13.9. The van der Waals surface area contributed by atoms with Crippen LogP contribution in [0.15, 0.2) is 54.6 Å². The zero-order valence-corrected chi connectivity index (χ0v) is 16.7. The zero-order chi connectivity index (χ0) is 21.2. The van der Waals surface area contributed by atoms with Crippen molar-refractivity contribution in [3.8, 4) is 0 Å². The summed E-state index contributed by atoms with van der Waals surface area (Å²) in [4.78, 5) is 37.4. The standard InChI is InChI=1S/C22H27N3O4/c1-25(2)18-13-11-17(12-14-18)24-22(29)19(16-7-4-3-5-8-16)15-23-20(26)9-6-10-21(27)28/h3-5,7-8,11-14,19H,6,9-10,15H2,1-2H3,(H,23,26)(H,24,29)(H,27,28)/t19-/m1/s1. The maximum atomic E-state index is 12.9. The number of benzene rings is 2. The predicted molar refractivity (Wildman–Crippen MR) is 113 cm³/mol. The Morgan fingerprint density at radius 1 is 0.966 bits per heavy atom. The highest BCUT2D eigenvalue weighted by Gasteiger charge is 2.21. The highest BCUT2D eigenvalue weighted by molar-refractivity contribution is 5.96. The minimum absolute atomic E-state index is 0.0566. The zero-order valence-electron chi connectivity index (χ0n) is 16.7. The molecule has 0 bridgehead atoms. The van der Waals surface area contributed by atoms with Crippen LogP contribution in [0.5, 0.6) is 0 Å². The number of carbonyl (C=O) groups is 3. The molecule has 0 heterocycles. The van der Waals surface area contributed by atoms with Gasteiger partial charge in [-0.05, 0) is 36.2 Å². The summed E-state index contributed by atoms with van der Waals surface area (Å²) >= 11 is 0. The van der Waals surface area contributed by atoms with E-state index in [1.807, 2.05) is 73.6 Å². The minimum atomic E-state index is -0.931. The van der Waals surface area contributed by atoms with Gasteiger partial charge in [-0.15, -0.1) is 0 Å². The van der Waals surface area contributed by atoms with Gasteiger partial charge in [0, 0.05) is 44.9 Å². The van der Waals surface area contributed by atoms with Crippen molar-refractivity contribution in [2.24, 2.45) is 0 Å². The lowest BCUT2D eigenvalue weighted by Crippen LogP contribution is -2.34. The van der Waals surface area contributed by atoms with Crippen LogP contribution in [0.25, 0.3) is 0 Å². The fourth-order valence-electron chi connectivity index (χ4n) is 2.82. The maximum Gasteiger partial charge on any atom is 0.303 e. The van der Waals surface area contributed by atoms with E-state index in [4.69, 9.17) is 5.11 Å². The van der Waals surface area contributed by atoms with Crippen molar-refractivity contribution in [3.05, 3.63) is 60.2 Å². The number of aliphatic carboxylic acids is 1. The monoisotopic (exact) mass is 397 g/mol. The van der Waals surface area contributed by atoms with E-state index < -0.39 is 11.9 Å². The minimum Gasteiger partial charge on any atom is -0.481 e. The first kappa shape index (κ1) is 21.9. The molecule has 0 fully saturated rings. The molecule has 2 aromatic rings. The molecular weight excluding hydrogens is 370 g/mol. The van der Waals surface area contributed by atoms with Crippen molar-refractivity contribution in [3.63, 3.8) is 0 Å². The molecule has 0 radical (unpaired) electrons. The van der Waals surface area contributed by atoms with Crippen molar-refractivity contribution >= 4 is 29.2 Å². The lowest BCUT2D eigenvalue weighted by atomic mass is 9.97. The molecular formula is C22H27N3O4. The molecule has 2 rings (SSSR count). The fourth-order valence-corrected chi connectivity index (χ4v) is 2.82. The van der Waals surface area contributed by atoms with Crippen molar-refractivity contribution in [1.82, 2.24) is 5.32 Å². The Hall–Kier alpha value is -3.35. The first-order valence-electron chi connectivity index (χ1n) is 9.48. The van der Waals surface area contributed by atoms with Crippen molar-refractivity contribution in [1.29, 1.82) is 0 Å². The third-order valence-electron chi connectivity index (χ3n) is 4.47. The molecule has 0 aliphatic carbocycles. The van der Waals surface area contributed by atoms with E-state index in [9.17, 15) is 14.4 Å². The van der Waals surface area contributed by atoms with E-state index in [0.29, 0.717) is 5.69 Å². The summed E-state index contributed by atoms with van der Waals surface area (Å²) in [5.74, 6) is -1.98. The SMILES string of the molecule is CN(C)c1ccc(NC(=O)[C@H](CNC(=O)CCCC(=O)O)c2ccccc2)cc1. The van der Waals surface area contributed by atoms with Gasteiger partial charge >= 0.3 is 5.97 Å². The number of amides is 2. The molecule has 0 saturated heterocycles. The molecule has 3 N–H and O–H groups in total. The second-order valence-corrected chi connectivity index (χ2v) is 6.95. The summed E-state index contributed by atoms with van der Waals surface area (Å²) in [5, 5.41) is 14.3. The normalized spacial score (nSPS) is 11.4. The van der Waals surface area contributed by atoms with E-state index in [1.54, 1.807) is 0 Å². The summed E-state index contributed by atoms with van der Waals surface area (Å²) in [6.07, 6.45) is 0.321. The van der Waals surface area contributed by atoms with Gasteiger partial charge in [-0.3, -0.25) is 14.4 Å². The van der Waals surface area contributed by atoms with Gasteiger partial charge in [0.05, 0.1) is 5.92 Å². The van der Waals surface area contributed by atoms with Crippen LogP contribution in [0.4, 0.5) is 11.4 Å². The van der Waals surface area contributed by atoms with Crippen LogP contribution < -0.4 is 15.5 Å². The van der Waals surface area contributed by atoms with Gasteiger partial charge in [-0.25, -0.2) is 0 Å². The molecule has 0 spiro atoms. The van der Waals surface area contributed by atoms with Crippen LogP contribution in [0.1, 0.15) is 30.7 Å².